The Morgan fingerprint density at radius 1 is 1.17 bits per heavy atom. The number of hydrogen-bond acceptors (Lipinski definition) is 5. The van der Waals surface area contributed by atoms with E-state index < -0.39 is 0 Å². The normalized spacial score (nSPS) is 15.2. The fourth-order valence-corrected chi connectivity index (χ4v) is 4.29. The Kier molecular flexibility index (Phi) is 5.39. The molecule has 0 saturated heterocycles. The smallest absolute Gasteiger partial charge is 0.274 e. The second kappa shape index (κ2) is 7.99. The van der Waals surface area contributed by atoms with Crippen LogP contribution in [0.5, 0.6) is 17.2 Å². The summed E-state index contributed by atoms with van der Waals surface area (Å²) in [4.78, 5) is 18.5. The molecule has 0 bridgehead atoms. The van der Waals surface area contributed by atoms with Crippen LogP contribution in [0.15, 0.2) is 30.3 Å². The number of methoxy groups -OCH3 is 3. The van der Waals surface area contributed by atoms with Gasteiger partial charge in [0.2, 0.25) is 5.75 Å². The molecular weight excluding hydrogens is 406 g/mol. The molecule has 0 fully saturated rings. The van der Waals surface area contributed by atoms with Gasteiger partial charge in [-0.05, 0) is 29.8 Å². The first-order valence-corrected chi connectivity index (χ1v) is 10.1. The Labute approximate surface area is 179 Å². The Balaban J connectivity index is 1.79. The fraction of sp³-hybridized carbons (Fsp3) is 0.318. The molecule has 1 amide bonds. The number of carbonyl (C=O) groups excluding carboxylic acids is 1. The molecule has 158 valence electrons. The number of anilines is 2. The van der Waals surface area contributed by atoms with Crippen molar-refractivity contribution >= 4 is 39.8 Å². The third kappa shape index (κ3) is 3.10. The zero-order valence-electron chi connectivity index (χ0n) is 17.3. The molecule has 7 nitrogen and oxygen atoms in total. The van der Waals surface area contributed by atoms with Crippen molar-refractivity contribution in [1.29, 1.82) is 0 Å². The second-order valence-electron chi connectivity index (χ2n) is 7.08. The predicted molar refractivity (Wildman–Crippen MR) is 119 cm³/mol. The topological polar surface area (TPSA) is 75.8 Å². The first kappa shape index (κ1) is 20.2. The van der Waals surface area contributed by atoms with Crippen LogP contribution in [0.2, 0.25) is 0 Å². The van der Waals surface area contributed by atoms with E-state index in [1.807, 2.05) is 31.3 Å². The van der Waals surface area contributed by atoms with Crippen LogP contribution < -0.4 is 24.4 Å². The SMILES string of the molecule is CNc1ccc2c(c1)N(C(=O)c1cc3cc(OC)c(OC)c(OC)c3[nH]1)CC2CCl. The third-order valence-corrected chi connectivity index (χ3v) is 5.91. The summed E-state index contributed by atoms with van der Waals surface area (Å²) in [5.41, 5.74) is 4.02. The zero-order valence-corrected chi connectivity index (χ0v) is 18.1. The maximum absolute atomic E-state index is 13.5. The number of carbonyl (C=O) groups is 1. The third-order valence-electron chi connectivity index (χ3n) is 5.53. The van der Waals surface area contributed by atoms with E-state index in [-0.39, 0.29) is 11.8 Å². The first-order chi connectivity index (χ1) is 14.6. The highest BCUT2D eigenvalue weighted by Crippen LogP contribution is 2.44. The molecule has 2 aromatic carbocycles. The van der Waals surface area contributed by atoms with Gasteiger partial charge in [0.15, 0.2) is 11.5 Å². The van der Waals surface area contributed by atoms with Crippen LogP contribution in [0, 0.1) is 0 Å². The van der Waals surface area contributed by atoms with Crippen molar-refractivity contribution in [3.63, 3.8) is 0 Å². The van der Waals surface area contributed by atoms with E-state index in [0.29, 0.717) is 40.9 Å². The van der Waals surface area contributed by atoms with E-state index in [1.165, 1.54) is 0 Å². The number of amides is 1. The average molecular weight is 430 g/mol. The molecule has 2 N–H and O–H groups in total. The molecule has 1 aromatic heterocycles. The molecule has 1 aliphatic rings. The number of benzene rings is 2. The van der Waals surface area contributed by atoms with Crippen molar-refractivity contribution in [1.82, 2.24) is 4.98 Å². The standard InChI is InChI=1S/C22H24ClN3O4/c1-24-14-5-6-15-13(10-23)11-26(17(15)9-14)22(27)16-7-12-8-18(28-2)20(29-3)21(30-4)19(12)25-16/h5-9,13,24-25H,10-11H2,1-4H3. The van der Waals surface area contributed by atoms with Crippen LogP contribution in [0.25, 0.3) is 10.9 Å². The van der Waals surface area contributed by atoms with Crippen LogP contribution in [-0.4, -0.2) is 51.7 Å². The monoisotopic (exact) mass is 429 g/mol. The van der Waals surface area contributed by atoms with Gasteiger partial charge < -0.3 is 29.4 Å². The Morgan fingerprint density at radius 3 is 2.57 bits per heavy atom. The minimum absolute atomic E-state index is 0.0932. The van der Waals surface area contributed by atoms with Crippen LogP contribution >= 0.6 is 11.6 Å². The number of ether oxygens (including phenoxy) is 3. The van der Waals surface area contributed by atoms with Crippen LogP contribution in [-0.2, 0) is 0 Å². The number of aromatic amines is 1. The minimum Gasteiger partial charge on any atom is -0.493 e. The number of hydrogen-bond donors (Lipinski definition) is 2. The molecule has 1 atom stereocenters. The van der Waals surface area contributed by atoms with Gasteiger partial charge in [0.25, 0.3) is 5.91 Å². The summed E-state index contributed by atoms with van der Waals surface area (Å²) < 4.78 is 16.4. The van der Waals surface area contributed by atoms with Gasteiger partial charge in [0.1, 0.15) is 5.69 Å². The van der Waals surface area contributed by atoms with E-state index in [1.54, 1.807) is 32.3 Å². The molecule has 0 spiro atoms. The highest BCUT2D eigenvalue weighted by molar-refractivity contribution is 6.19. The minimum atomic E-state index is -0.131. The number of alkyl halides is 1. The molecule has 4 rings (SSSR count). The highest BCUT2D eigenvalue weighted by atomic mass is 35.5. The summed E-state index contributed by atoms with van der Waals surface area (Å²) >= 11 is 6.19. The quantitative estimate of drug-likeness (QED) is 0.574. The molecule has 0 aliphatic carbocycles. The molecule has 0 saturated carbocycles. The van der Waals surface area contributed by atoms with Gasteiger partial charge in [-0.15, -0.1) is 11.6 Å². The first-order valence-electron chi connectivity index (χ1n) is 9.57. The van der Waals surface area contributed by atoms with Gasteiger partial charge in [-0.3, -0.25) is 4.79 Å². The molecule has 2 heterocycles. The molecule has 3 aromatic rings. The number of halogens is 1. The summed E-state index contributed by atoms with van der Waals surface area (Å²) in [5, 5.41) is 3.92. The highest BCUT2D eigenvalue weighted by Gasteiger charge is 2.33. The van der Waals surface area contributed by atoms with E-state index in [2.05, 4.69) is 10.3 Å². The Morgan fingerprint density at radius 2 is 1.93 bits per heavy atom. The van der Waals surface area contributed by atoms with Crippen LogP contribution in [0.3, 0.4) is 0 Å². The largest absolute Gasteiger partial charge is 0.493 e. The summed E-state index contributed by atoms with van der Waals surface area (Å²) in [6.07, 6.45) is 0. The molecule has 8 heteroatoms. The maximum atomic E-state index is 13.5. The average Bonchev–Trinajstić information content (AvgIpc) is 3.37. The molecule has 0 radical (unpaired) electrons. The van der Waals surface area contributed by atoms with Crippen molar-refractivity contribution in [3.8, 4) is 17.2 Å². The number of nitrogens with one attached hydrogen (secondary N) is 2. The maximum Gasteiger partial charge on any atom is 0.274 e. The number of nitrogens with zero attached hydrogens (tertiary/aromatic N) is 1. The lowest BCUT2D eigenvalue weighted by atomic mass is 10.0. The number of H-pyrrole nitrogens is 1. The van der Waals surface area contributed by atoms with E-state index in [4.69, 9.17) is 25.8 Å². The van der Waals surface area contributed by atoms with Gasteiger partial charge in [-0.25, -0.2) is 0 Å². The Bertz CT molecular complexity index is 1110. The summed E-state index contributed by atoms with van der Waals surface area (Å²) in [7, 11) is 6.52. The lowest BCUT2D eigenvalue weighted by molar-refractivity contribution is 0.0984. The van der Waals surface area contributed by atoms with Crippen LogP contribution in [0.1, 0.15) is 22.0 Å². The van der Waals surface area contributed by atoms with Crippen molar-refractivity contribution in [2.24, 2.45) is 0 Å². The molecule has 30 heavy (non-hydrogen) atoms. The van der Waals surface area contributed by atoms with Gasteiger partial charge in [-0.1, -0.05) is 6.07 Å². The molecule has 1 aliphatic heterocycles. The van der Waals surface area contributed by atoms with E-state index in [0.717, 1.165) is 22.3 Å². The van der Waals surface area contributed by atoms with E-state index >= 15 is 0 Å². The number of aromatic nitrogens is 1. The summed E-state index contributed by atoms with van der Waals surface area (Å²) in [5.74, 6) is 1.91. The molecule has 1 unspecified atom stereocenters. The Hall–Kier alpha value is -3.06. The fourth-order valence-electron chi connectivity index (χ4n) is 4.02. The lowest BCUT2D eigenvalue weighted by Crippen LogP contribution is -2.30. The summed E-state index contributed by atoms with van der Waals surface area (Å²) in [6.45, 7) is 0.532. The zero-order chi connectivity index (χ0) is 21.4. The molecular formula is C22H24ClN3O4. The number of fused-ring (bicyclic) bond motifs is 2. The van der Waals surface area contributed by atoms with Gasteiger partial charge in [-0.2, -0.15) is 0 Å². The second-order valence-corrected chi connectivity index (χ2v) is 7.39. The van der Waals surface area contributed by atoms with Gasteiger partial charge in [0.05, 0.1) is 26.8 Å². The van der Waals surface area contributed by atoms with Crippen molar-refractivity contribution in [2.45, 2.75) is 5.92 Å². The van der Waals surface area contributed by atoms with Crippen molar-refractivity contribution in [3.05, 3.63) is 41.6 Å². The van der Waals surface area contributed by atoms with Crippen molar-refractivity contribution < 1.29 is 19.0 Å². The van der Waals surface area contributed by atoms with Crippen molar-refractivity contribution in [2.75, 3.05) is 51.0 Å². The number of rotatable bonds is 6. The summed E-state index contributed by atoms with van der Waals surface area (Å²) in [6, 6.07) is 9.64. The van der Waals surface area contributed by atoms with Gasteiger partial charge in [0, 0.05) is 42.2 Å². The lowest BCUT2D eigenvalue weighted by Gasteiger charge is -2.17. The van der Waals surface area contributed by atoms with Gasteiger partial charge >= 0.3 is 0 Å². The predicted octanol–water partition coefficient (Wildman–Crippen LogP) is 4.22. The van der Waals surface area contributed by atoms with E-state index in [9.17, 15) is 4.79 Å². The van der Waals surface area contributed by atoms with Crippen LogP contribution in [0.4, 0.5) is 11.4 Å².